The van der Waals surface area contributed by atoms with Gasteiger partial charge in [-0.05, 0) is 35.9 Å². The highest BCUT2D eigenvalue weighted by Crippen LogP contribution is 2.20. The minimum Gasteiger partial charge on any atom is -0.478 e. The number of nitrogens with one attached hydrogen (secondary N) is 1. The Morgan fingerprint density at radius 1 is 0.970 bits per heavy atom. The number of carbonyl (C=O) groups is 2. The van der Waals surface area contributed by atoms with Gasteiger partial charge in [-0.25, -0.2) is 18.6 Å². The number of halogens is 1. The Hall–Kier alpha value is -3.34. The summed E-state index contributed by atoms with van der Waals surface area (Å²) in [4.78, 5) is 23.9. The number of carboxylic acid groups (broad SMARTS) is 1. The second kappa shape index (κ2) is 11.0. The Balaban J connectivity index is 1.79. The van der Waals surface area contributed by atoms with Crippen LogP contribution in [-0.4, -0.2) is 42.5 Å². The maximum atomic E-state index is 13.2. The molecule has 0 aliphatic carbocycles. The summed E-state index contributed by atoms with van der Waals surface area (Å²) in [6.45, 7) is -0.497. The molecule has 0 aromatic heterocycles. The topological polar surface area (TPSA) is 116 Å². The van der Waals surface area contributed by atoms with Crippen molar-refractivity contribution in [3.8, 4) is 0 Å². The van der Waals surface area contributed by atoms with Crippen LogP contribution in [0, 0.1) is 0 Å². The average Bonchev–Trinajstić information content (AvgIpc) is 2.80. The standard InChI is InChI=1S/C23H20BrN3O5S/c24-19-10-12-20(13-11-19)33(31,32)27(15-17-6-2-1-3-7-17)16-22(28)26-25-14-18-8-4-5-9-21(18)23(29)30/h1-14H,15-16H2,(H,26,28)(H,29,30)/b25-14-. The molecule has 1 amide bonds. The number of carbonyl (C=O) groups excluding carboxylic acids is 1. The van der Waals surface area contributed by atoms with E-state index < -0.39 is 28.4 Å². The van der Waals surface area contributed by atoms with Crippen molar-refractivity contribution in [1.82, 2.24) is 9.73 Å². The second-order valence-electron chi connectivity index (χ2n) is 6.90. The molecule has 0 fully saturated rings. The predicted molar refractivity (Wildman–Crippen MR) is 127 cm³/mol. The van der Waals surface area contributed by atoms with Gasteiger partial charge in [0.1, 0.15) is 0 Å². The van der Waals surface area contributed by atoms with Crippen LogP contribution in [-0.2, 0) is 21.4 Å². The molecule has 0 atom stereocenters. The fourth-order valence-corrected chi connectivity index (χ4v) is 4.59. The van der Waals surface area contributed by atoms with E-state index in [2.05, 4.69) is 26.5 Å². The van der Waals surface area contributed by atoms with Crippen LogP contribution in [0.4, 0.5) is 0 Å². The van der Waals surface area contributed by atoms with E-state index in [0.29, 0.717) is 11.1 Å². The molecule has 0 aliphatic rings. The summed E-state index contributed by atoms with van der Waals surface area (Å²) in [7, 11) is -3.98. The lowest BCUT2D eigenvalue weighted by atomic mass is 10.1. The van der Waals surface area contributed by atoms with Gasteiger partial charge >= 0.3 is 5.97 Å². The van der Waals surface area contributed by atoms with Crippen LogP contribution in [0.15, 0.2) is 93.3 Å². The molecule has 0 radical (unpaired) electrons. The van der Waals surface area contributed by atoms with Gasteiger partial charge in [0.25, 0.3) is 5.91 Å². The summed E-state index contributed by atoms with van der Waals surface area (Å²) in [6, 6.07) is 21.2. The fourth-order valence-electron chi connectivity index (χ4n) is 2.94. The molecule has 0 saturated carbocycles. The van der Waals surface area contributed by atoms with Gasteiger partial charge in [0.05, 0.1) is 23.2 Å². The number of amides is 1. The molecular weight excluding hydrogens is 510 g/mol. The first-order valence-electron chi connectivity index (χ1n) is 9.71. The minimum atomic E-state index is -3.98. The number of carboxylic acids is 1. The third-order valence-electron chi connectivity index (χ3n) is 4.56. The Bertz CT molecular complexity index is 1260. The van der Waals surface area contributed by atoms with Crippen molar-refractivity contribution in [1.29, 1.82) is 0 Å². The van der Waals surface area contributed by atoms with Crippen molar-refractivity contribution < 1.29 is 23.1 Å². The minimum absolute atomic E-state index is 0.0157. The van der Waals surface area contributed by atoms with Crippen LogP contribution in [0.25, 0.3) is 0 Å². The molecule has 0 unspecified atom stereocenters. The molecular formula is C23H20BrN3O5S. The Labute approximate surface area is 199 Å². The van der Waals surface area contributed by atoms with E-state index in [1.165, 1.54) is 24.4 Å². The lowest BCUT2D eigenvalue weighted by Gasteiger charge is -2.21. The van der Waals surface area contributed by atoms with Crippen LogP contribution >= 0.6 is 15.9 Å². The molecule has 3 rings (SSSR count). The second-order valence-corrected chi connectivity index (χ2v) is 9.75. The smallest absolute Gasteiger partial charge is 0.336 e. The third-order valence-corrected chi connectivity index (χ3v) is 6.89. The number of aromatic carboxylic acids is 1. The molecule has 0 heterocycles. The molecule has 170 valence electrons. The number of benzene rings is 3. The summed E-state index contributed by atoms with van der Waals surface area (Å²) in [5.41, 5.74) is 3.31. The highest BCUT2D eigenvalue weighted by atomic mass is 79.9. The molecule has 0 saturated heterocycles. The Kier molecular flexibility index (Phi) is 8.10. The van der Waals surface area contributed by atoms with Gasteiger partial charge in [-0.15, -0.1) is 0 Å². The molecule has 0 aliphatic heterocycles. The number of hydrogen-bond acceptors (Lipinski definition) is 5. The van der Waals surface area contributed by atoms with Gasteiger partial charge in [0, 0.05) is 16.6 Å². The lowest BCUT2D eigenvalue weighted by molar-refractivity contribution is -0.121. The van der Waals surface area contributed by atoms with Gasteiger partial charge in [-0.1, -0.05) is 64.5 Å². The van der Waals surface area contributed by atoms with Crippen LogP contribution in [0.3, 0.4) is 0 Å². The number of sulfonamides is 1. The number of hydrazone groups is 1. The first-order valence-corrected chi connectivity index (χ1v) is 11.9. The third kappa shape index (κ3) is 6.58. The maximum Gasteiger partial charge on any atom is 0.336 e. The molecule has 0 spiro atoms. The molecule has 10 heteroatoms. The van der Waals surface area contributed by atoms with E-state index in [9.17, 15) is 23.1 Å². The number of hydrogen-bond donors (Lipinski definition) is 2. The van der Waals surface area contributed by atoms with Crippen LogP contribution in [0.5, 0.6) is 0 Å². The van der Waals surface area contributed by atoms with E-state index in [4.69, 9.17) is 0 Å². The average molecular weight is 530 g/mol. The van der Waals surface area contributed by atoms with Crippen molar-refractivity contribution >= 4 is 44.0 Å². The van der Waals surface area contributed by atoms with E-state index in [0.717, 1.165) is 8.78 Å². The van der Waals surface area contributed by atoms with Gasteiger partial charge in [0.2, 0.25) is 10.0 Å². The maximum absolute atomic E-state index is 13.2. The van der Waals surface area contributed by atoms with Crippen molar-refractivity contribution in [2.45, 2.75) is 11.4 Å². The normalized spacial score (nSPS) is 11.6. The van der Waals surface area contributed by atoms with Crippen molar-refractivity contribution in [3.63, 3.8) is 0 Å². The monoisotopic (exact) mass is 529 g/mol. The van der Waals surface area contributed by atoms with Crippen LogP contribution < -0.4 is 5.43 Å². The molecule has 3 aromatic carbocycles. The summed E-state index contributed by atoms with van der Waals surface area (Å²) in [5, 5.41) is 13.0. The van der Waals surface area contributed by atoms with E-state index in [1.807, 2.05) is 6.07 Å². The highest BCUT2D eigenvalue weighted by Gasteiger charge is 2.27. The zero-order valence-corrected chi connectivity index (χ0v) is 19.7. The Morgan fingerprint density at radius 3 is 2.27 bits per heavy atom. The van der Waals surface area contributed by atoms with E-state index >= 15 is 0 Å². The van der Waals surface area contributed by atoms with E-state index in [-0.39, 0.29) is 17.0 Å². The number of rotatable bonds is 9. The summed E-state index contributed by atoms with van der Waals surface area (Å²) < 4.78 is 28.2. The summed E-state index contributed by atoms with van der Waals surface area (Å²) in [5.74, 6) is -1.80. The first kappa shape index (κ1) is 24.3. The van der Waals surface area contributed by atoms with Gasteiger partial charge in [-0.3, -0.25) is 4.79 Å². The lowest BCUT2D eigenvalue weighted by Crippen LogP contribution is -2.39. The summed E-state index contributed by atoms with van der Waals surface area (Å²) in [6.07, 6.45) is 1.20. The van der Waals surface area contributed by atoms with Crippen molar-refractivity contribution in [2.24, 2.45) is 5.10 Å². The zero-order chi connectivity index (χ0) is 23.8. The molecule has 33 heavy (non-hydrogen) atoms. The predicted octanol–water partition coefficient (Wildman–Crippen LogP) is 3.49. The molecule has 3 aromatic rings. The molecule has 0 bridgehead atoms. The highest BCUT2D eigenvalue weighted by molar-refractivity contribution is 9.10. The van der Waals surface area contributed by atoms with Gasteiger partial charge < -0.3 is 5.11 Å². The van der Waals surface area contributed by atoms with Crippen molar-refractivity contribution in [2.75, 3.05) is 6.54 Å². The molecule has 8 nitrogen and oxygen atoms in total. The largest absolute Gasteiger partial charge is 0.478 e. The summed E-state index contributed by atoms with van der Waals surface area (Å²) >= 11 is 3.28. The number of nitrogens with zero attached hydrogens (tertiary/aromatic N) is 2. The molecule has 2 N–H and O–H groups in total. The fraction of sp³-hybridized carbons (Fsp3) is 0.0870. The van der Waals surface area contributed by atoms with Crippen LogP contribution in [0.1, 0.15) is 21.5 Å². The SMILES string of the molecule is O=C(CN(Cc1ccccc1)S(=O)(=O)c1ccc(Br)cc1)N/N=C\c1ccccc1C(=O)O. The Morgan fingerprint density at radius 2 is 1.61 bits per heavy atom. The zero-order valence-electron chi connectivity index (χ0n) is 17.3. The van der Waals surface area contributed by atoms with Gasteiger partial charge in [-0.2, -0.15) is 9.41 Å². The first-order chi connectivity index (χ1) is 15.8. The quantitative estimate of drug-likeness (QED) is 0.325. The van der Waals surface area contributed by atoms with E-state index in [1.54, 1.807) is 54.6 Å². The van der Waals surface area contributed by atoms with Gasteiger partial charge in [0.15, 0.2) is 0 Å². The van der Waals surface area contributed by atoms with Crippen LogP contribution in [0.2, 0.25) is 0 Å². The van der Waals surface area contributed by atoms with Crippen molar-refractivity contribution in [3.05, 3.63) is 100 Å².